The number of hydrogen-bond acceptors (Lipinski definition) is 6. The molecule has 1 N–H and O–H groups in total. The molecule has 1 heterocycles. The lowest BCUT2D eigenvalue weighted by Gasteiger charge is -2.01. The van der Waals surface area contributed by atoms with Gasteiger partial charge in [0.2, 0.25) is 0 Å². The van der Waals surface area contributed by atoms with Gasteiger partial charge in [-0.25, -0.2) is 4.98 Å². The van der Waals surface area contributed by atoms with Crippen molar-refractivity contribution in [2.45, 2.75) is 6.92 Å². The van der Waals surface area contributed by atoms with Gasteiger partial charge in [-0.2, -0.15) is 5.26 Å². The van der Waals surface area contributed by atoms with E-state index in [2.05, 4.69) is 16.4 Å². The molecular formula is C19H14N4O2S. The second kappa shape index (κ2) is 7.59. The van der Waals surface area contributed by atoms with E-state index in [1.165, 1.54) is 23.5 Å². The monoisotopic (exact) mass is 362 g/mol. The Morgan fingerprint density at radius 1 is 1.31 bits per heavy atom. The summed E-state index contributed by atoms with van der Waals surface area (Å²) in [6.45, 7) is 2.01. The third kappa shape index (κ3) is 3.94. The highest BCUT2D eigenvalue weighted by molar-refractivity contribution is 7.11. The Bertz CT molecular complexity index is 1020. The van der Waals surface area contributed by atoms with Crippen molar-refractivity contribution < 1.29 is 4.92 Å². The van der Waals surface area contributed by atoms with Crippen LogP contribution < -0.4 is 5.32 Å². The summed E-state index contributed by atoms with van der Waals surface area (Å²) >= 11 is 1.32. The lowest BCUT2D eigenvalue weighted by molar-refractivity contribution is -0.384. The predicted molar refractivity (Wildman–Crippen MR) is 103 cm³/mol. The summed E-state index contributed by atoms with van der Waals surface area (Å²) < 4.78 is 0. The van der Waals surface area contributed by atoms with Gasteiger partial charge in [-0.3, -0.25) is 10.1 Å². The molecule has 128 valence electrons. The molecule has 2 aromatic carbocycles. The lowest BCUT2D eigenvalue weighted by Crippen LogP contribution is -1.91. The number of nitrogens with one attached hydrogen (secondary N) is 1. The second-order valence-electron chi connectivity index (χ2n) is 5.53. The molecule has 0 aliphatic heterocycles. The molecule has 0 aliphatic rings. The summed E-state index contributed by atoms with van der Waals surface area (Å²) in [7, 11) is 0. The highest BCUT2D eigenvalue weighted by Gasteiger charge is 2.12. The summed E-state index contributed by atoms with van der Waals surface area (Å²) in [5.41, 5.74) is 3.68. The molecule has 0 fully saturated rings. The molecule has 0 saturated heterocycles. The van der Waals surface area contributed by atoms with Gasteiger partial charge in [0.15, 0.2) is 0 Å². The summed E-state index contributed by atoms with van der Waals surface area (Å²) in [4.78, 5) is 14.9. The minimum absolute atomic E-state index is 0.00846. The van der Waals surface area contributed by atoms with Crippen LogP contribution in [0.3, 0.4) is 0 Å². The Kier molecular flexibility index (Phi) is 5.06. The number of nitro groups is 1. The number of allylic oxidation sites excluding steroid dienone is 1. The fourth-order valence-electron chi connectivity index (χ4n) is 2.26. The van der Waals surface area contributed by atoms with Gasteiger partial charge in [-0.05, 0) is 19.1 Å². The third-order valence-corrected chi connectivity index (χ3v) is 4.52. The number of aryl methyl sites for hydroxylation is 1. The zero-order chi connectivity index (χ0) is 18.5. The summed E-state index contributed by atoms with van der Waals surface area (Å²) in [6, 6.07) is 16.2. The first-order chi connectivity index (χ1) is 12.6. The first-order valence-corrected chi connectivity index (χ1v) is 8.59. The summed E-state index contributed by atoms with van der Waals surface area (Å²) in [5.74, 6) is 0. The van der Waals surface area contributed by atoms with E-state index in [1.807, 2.05) is 31.2 Å². The largest absolute Gasteiger partial charge is 0.360 e. The summed E-state index contributed by atoms with van der Waals surface area (Å²) in [5, 5.41) is 25.7. The first-order valence-electron chi connectivity index (χ1n) is 7.71. The average Bonchev–Trinajstić information content (AvgIpc) is 3.14. The molecule has 3 rings (SSSR count). The van der Waals surface area contributed by atoms with Crippen LogP contribution in [0.15, 0.2) is 60.1 Å². The van der Waals surface area contributed by atoms with E-state index in [-0.39, 0.29) is 5.69 Å². The number of non-ortho nitro benzene ring substituents is 1. The number of nitrogens with zero attached hydrogens (tertiary/aromatic N) is 3. The minimum Gasteiger partial charge on any atom is -0.360 e. The number of benzene rings is 2. The maximum Gasteiger partial charge on any atom is 0.270 e. The van der Waals surface area contributed by atoms with Crippen LogP contribution >= 0.6 is 11.3 Å². The Morgan fingerprint density at radius 2 is 2.08 bits per heavy atom. The van der Waals surface area contributed by atoms with Crippen LogP contribution in [-0.2, 0) is 0 Å². The standard InChI is InChI=1S/C19H14N4O2S/c1-13-5-7-16(8-6-13)21-11-15(10-20)19-22-18(12-26-19)14-3-2-4-17(9-14)23(24)25/h2-9,11-12,21H,1H3/b15-11-. The molecular weight excluding hydrogens is 348 g/mol. The van der Waals surface area contributed by atoms with Crippen LogP contribution in [0.4, 0.5) is 11.4 Å². The fourth-order valence-corrected chi connectivity index (χ4v) is 3.05. The maximum absolute atomic E-state index is 10.9. The molecule has 7 heteroatoms. The van der Waals surface area contributed by atoms with Crippen molar-refractivity contribution in [1.29, 1.82) is 5.26 Å². The Labute approximate surface area is 154 Å². The Balaban J connectivity index is 1.84. The SMILES string of the molecule is Cc1ccc(N/C=C(/C#N)c2nc(-c3cccc([N+](=O)[O-])c3)cs2)cc1. The summed E-state index contributed by atoms with van der Waals surface area (Å²) in [6.07, 6.45) is 1.61. The number of anilines is 1. The molecule has 3 aromatic rings. The van der Waals surface area contributed by atoms with E-state index in [4.69, 9.17) is 0 Å². The van der Waals surface area contributed by atoms with Crippen molar-refractivity contribution in [2.75, 3.05) is 5.32 Å². The number of rotatable bonds is 5. The van der Waals surface area contributed by atoms with Gasteiger partial charge in [-0.15, -0.1) is 11.3 Å². The molecule has 0 bridgehead atoms. The van der Waals surface area contributed by atoms with Gasteiger partial charge in [0.25, 0.3) is 5.69 Å². The molecule has 0 saturated carbocycles. The molecule has 0 atom stereocenters. The molecule has 0 unspecified atom stereocenters. The van der Waals surface area contributed by atoms with E-state index in [9.17, 15) is 15.4 Å². The van der Waals surface area contributed by atoms with E-state index < -0.39 is 4.92 Å². The number of nitriles is 1. The van der Waals surface area contributed by atoms with Crippen LogP contribution in [0.2, 0.25) is 0 Å². The van der Waals surface area contributed by atoms with Crippen molar-refractivity contribution >= 4 is 28.3 Å². The second-order valence-corrected chi connectivity index (χ2v) is 6.38. The third-order valence-electron chi connectivity index (χ3n) is 3.64. The quantitative estimate of drug-likeness (QED) is 0.391. The van der Waals surface area contributed by atoms with Crippen molar-refractivity contribution in [2.24, 2.45) is 0 Å². The fraction of sp³-hybridized carbons (Fsp3) is 0.0526. The highest BCUT2D eigenvalue weighted by atomic mass is 32.1. The number of nitro benzene ring substituents is 1. The van der Waals surface area contributed by atoms with Crippen LogP contribution in [0, 0.1) is 28.4 Å². The van der Waals surface area contributed by atoms with E-state index in [0.717, 1.165) is 11.3 Å². The zero-order valence-corrected chi connectivity index (χ0v) is 14.7. The van der Waals surface area contributed by atoms with Crippen molar-refractivity contribution in [3.8, 4) is 17.3 Å². The Morgan fingerprint density at radius 3 is 2.77 bits per heavy atom. The number of thiazole rings is 1. The van der Waals surface area contributed by atoms with Crippen molar-refractivity contribution in [1.82, 2.24) is 4.98 Å². The minimum atomic E-state index is -0.442. The van der Waals surface area contributed by atoms with E-state index in [1.54, 1.807) is 23.7 Å². The lowest BCUT2D eigenvalue weighted by atomic mass is 10.1. The predicted octanol–water partition coefficient (Wildman–Crippen LogP) is 5.00. The molecule has 0 spiro atoms. The van der Waals surface area contributed by atoms with Gasteiger partial charge in [0.05, 0.1) is 10.6 Å². The van der Waals surface area contributed by atoms with Crippen LogP contribution in [0.1, 0.15) is 10.6 Å². The molecule has 1 aromatic heterocycles. The first kappa shape index (κ1) is 17.3. The normalized spacial score (nSPS) is 11.0. The van der Waals surface area contributed by atoms with Crippen LogP contribution in [0.5, 0.6) is 0 Å². The molecule has 6 nitrogen and oxygen atoms in total. The van der Waals surface area contributed by atoms with E-state index >= 15 is 0 Å². The maximum atomic E-state index is 10.9. The van der Waals surface area contributed by atoms with E-state index in [0.29, 0.717) is 21.8 Å². The number of aromatic nitrogens is 1. The Hall–Kier alpha value is -3.50. The molecule has 0 amide bonds. The van der Waals surface area contributed by atoms with Crippen LogP contribution in [0.25, 0.3) is 16.8 Å². The van der Waals surface area contributed by atoms with Crippen molar-refractivity contribution in [3.05, 3.63) is 80.8 Å². The molecule has 0 radical (unpaired) electrons. The van der Waals surface area contributed by atoms with Gasteiger partial charge in [0, 0.05) is 35.0 Å². The molecule has 0 aliphatic carbocycles. The van der Waals surface area contributed by atoms with Crippen LogP contribution in [-0.4, -0.2) is 9.91 Å². The molecule has 26 heavy (non-hydrogen) atoms. The van der Waals surface area contributed by atoms with Gasteiger partial charge < -0.3 is 5.32 Å². The highest BCUT2D eigenvalue weighted by Crippen LogP contribution is 2.28. The van der Waals surface area contributed by atoms with Crippen molar-refractivity contribution in [3.63, 3.8) is 0 Å². The topological polar surface area (TPSA) is 91.8 Å². The smallest absolute Gasteiger partial charge is 0.270 e. The van der Waals surface area contributed by atoms with Gasteiger partial charge in [-0.1, -0.05) is 29.8 Å². The number of hydrogen-bond donors (Lipinski definition) is 1. The van der Waals surface area contributed by atoms with Gasteiger partial charge >= 0.3 is 0 Å². The zero-order valence-electron chi connectivity index (χ0n) is 13.8. The van der Waals surface area contributed by atoms with Gasteiger partial charge in [0.1, 0.15) is 16.6 Å². The average molecular weight is 362 g/mol.